The van der Waals surface area contributed by atoms with Gasteiger partial charge in [-0.2, -0.15) is 5.10 Å². The highest BCUT2D eigenvalue weighted by molar-refractivity contribution is 6.04. The molecule has 0 aliphatic rings. The molecule has 0 fully saturated rings. The molecule has 0 saturated carbocycles. The molecule has 3 aromatic carbocycles. The van der Waals surface area contributed by atoms with Crippen molar-refractivity contribution >= 4 is 27.6 Å². The fourth-order valence-electron chi connectivity index (χ4n) is 5.27. The molecule has 0 saturated heterocycles. The number of aryl methyl sites for hydroxylation is 2. The normalized spacial score (nSPS) is 11.6. The summed E-state index contributed by atoms with van der Waals surface area (Å²) in [6.45, 7) is 2.00. The number of fused-ring (bicyclic) bond motifs is 2. The zero-order valence-corrected chi connectivity index (χ0v) is 22.4. The van der Waals surface area contributed by atoms with Crippen molar-refractivity contribution in [2.75, 3.05) is 13.2 Å². The number of aliphatic hydroxyl groups is 1. The van der Waals surface area contributed by atoms with Crippen LogP contribution in [0.5, 0.6) is 5.75 Å². The minimum atomic E-state index is -2.60. The number of benzene rings is 3. The zero-order valence-electron chi connectivity index (χ0n) is 22.4. The van der Waals surface area contributed by atoms with Crippen molar-refractivity contribution in [1.29, 1.82) is 0 Å². The predicted octanol–water partition coefficient (Wildman–Crippen LogP) is 6.21. The summed E-state index contributed by atoms with van der Waals surface area (Å²) in [4.78, 5) is 16.2. The molecular formula is C31H31F2N3O4. The van der Waals surface area contributed by atoms with Crippen LogP contribution in [0, 0.1) is 0 Å². The molecule has 0 aliphatic carbocycles. The van der Waals surface area contributed by atoms with Crippen molar-refractivity contribution in [3.63, 3.8) is 0 Å². The average molecular weight is 548 g/mol. The second-order valence-corrected chi connectivity index (χ2v) is 9.50. The van der Waals surface area contributed by atoms with Gasteiger partial charge < -0.3 is 19.6 Å². The summed E-state index contributed by atoms with van der Waals surface area (Å²) < 4.78 is 39.7. The summed E-state index contributed by atoms with van der Waals surface area (Å²) in [6, 6.07) is 19.4. The number of nitrogens with one attached hydrogen (secondary N) is 1. The van der Waals surface area contributed by atoms with E-state index in [-0.39, 0.29) is 18.9 Å². The van der Waals surface area contributed by atoms with E-state index in [1.54, 1.807) is 20.0 Å². The van der Waals surface area contributed by atoms with E-state index < -0.39 is 18.8 Å². The number of para-hydroxylation sites is 1. The lowest BCUT2D eigenvalue weighted by Crippen LogP contribution is -2.09. The third-order valence-corrected chi connectivity index (χ3v) is 7.00. The van der Waals surface area contributed by atoms with Crippen LogP contribution in [-0.4, -0.2) is 45.5 Å². The van der Waals surface area contributed by atoms with E-state index in [9.17, 15) is 18.7 Å². The van der Waals surface area contributed by atoms with E-state index in [0.29, 0.717) is 47.5 Å². The van der Waals surface area contributed by atoms with Gasteiger partial charge in [-0.25, -0.2) is 13.6 Å². The Balaban J connectivity index is 1.50. The van der Waals surface area contributed by atoms with Crippen molar-refractivity contribution in [1.82, 2.24) is 14.8 Å². The summed E-state index contributed by atoms with van der Waals surface area (Å²) in [5, 5.41) is 17.2. The number of carbonyl (C=O) groups is 1. The highest BCUT2D eigenvalue weighted by Crippen LogP contribution is 2.37. The SMILES string of the molecule is CCOC(=O)c1[nH]c2c(-c3c(CC(F)F)nn(C)c3CO)cccc2c1CCCOc1cccc2ccccc12. The molecule has 0 amide bonds. The molecule has 2 heterocycles. The number of hydrogen-bond donors (Lipinski definition) is 2. The van der Waals surface area contributed by atoms with Gasteiger partial charge in [0.25, 0.3) is 0 Å². The first-order valence-electron chi connectivity index (χ1n) is 13.3. The van der Waals surface area contributed by atoms with Gasteiger partial charge in [0.1, 0.15) is 11.4 Å². The summed E-state index contributed by atoms with van der Waals surface area (Å²) in [6.07, 6.45) is -2.01. The van der Waals surface area contributed by atoms with E-state index >= 15 is 0 Å². The first-order valence-corrected chi connectivity index (χ1v) is 13.3. The summed E-state index contributed by atoms with van der Waals surface area (Å²) in [5.74, 6) is 0.306. The van der Waals surface area contributed by atoms with Crippen molar-refractivity contribution in [2.24, 2.45) is 7.05 Å². The number of aromatic nitrogens is 3. The van der Waals surface area contributed by atoms with Crippen LogP contribution in [0.4, 0.5) is 8.78 Å². The van der Waals surface area contributed by atoms with Crippen LogP contribution in [0.1, 0.15) is 40.8 Å². The fourth-order valence-corrected chi connectivity index (χ4v) is 5.27. The van der Waals surface area contributed by atoms with Crippen LogP contribution in [-0.2, 0) is 31.2 Å². The smallest absolute Gasteiger partial charge is 0.355 e. The second kappa shape index (κ2) is 11.9. The largest absolute Gasteiger partial charge is 0.493 e. The van der Waals surface area contributed by atoms with Gasteiger partial charge in [0.05, 0.1) is 43.1 Å². The summed E-state index contributed by atoms with van der Waals surface area (Å²) in [5.41, 5.74) is 3.33. The number of carbonyl (C=O) groups excluding carboxylic acids is 1. The fraction of sp³-hybridized carbons (Fsp3) is 0.290. The summed E-state index contributed by atoms with van der Waals surface area (Å²) in [7, 11) is 1.62. The molecule has 5 aromatic rings. The Morgan fingerprint density at radius 1 is 1.07 bits per heavy atom. The zero-order chi connectivity index (χ0) is 28.2. The van der Waals surface area contributed by atoms with E-state index in [0.717, 1.165) is 27.5 Å². The van der Waals surface area contributed by atoms with E-state index in [4.69, 9.17) is 9.47 Å². The molecule has 0 atom stereocenters. The minimum absolute atomic E-state index is 0.186. The Bertz CT molecular complexity index is 1650. The van der Waals surface area contributed by atoms with Gasteiger partial charge in [-0.05, 0) is 36.8 Å². The third-order valence-electron chi connectivity index (χ3n) is 7.00. The van der Waals surface area contributed by atoms with Crippen molar-refractivity contribution < 1.29 is 28.2 Å². The Kier molecular flexibility index (Phi) is 8.11. The Morgan fingerprint density at radius 3 is 2.60 bits per heavy atom. The number of H-pyrrole nitrogens is 1. The molecule has 40 heavy (non-hydrogen) atoms. The molecule has 208 valence electrons. The number of aliphatic hydroxyl groups excluding tert-OH is 1. The van der Waals surface area contributed by atoms with Crippen molar-refractivity contribution in [2.45, 2.75) is 39.2 Å². The van der Waals surface area contributed by atoms with Gasteiger partial charge >= 0.3 is 5.97 Å². The topological polar surface area (TPSA) is 89.4 Å². The van der Waals surface area contributed by atoms with Crippen LogP contribution in [0.25, 0.3) is 32.8 Å². The first kappa shape index (κ1) is 27.3. The molecule has 0 aliphatic heterocycles. The van der Waals surface area contributed by atoms with Crippen LogP contribution in [0.15, 0.2) is 60.7 Å². The third kappa shape index (κ3) is 5.29. The highest BCUT2D eigenvalue weighted by Gasteiger charge is 2.25. The lowest BCUT2D eigenvalue weighted by molar-refractivity contribution is 0.0519. The van der Waals surface area contributed by atoms with Crippen LogP contribution < -0.4 is 4.74 Å². The molecule has 0 radical (unpaired) electrons. The second-order valence-electron chi connectivity index (χ2n) is 9.50. The first-order chi connectivity index (χ1) is 19.4. The molecule has 0 unspecified atom stereocenters. The molecule has 0 spiro atoms. The molecule has 2 N–H and O–H groups in total. The van der Waals surface area contributed by atoms with Gasteiger partial charge in [-0.3, -0.25) is 4.68 Å². The summed E-state index contributed by atoms with van der Waals surface area (Å²) >= 11 is 0. The van der Waals surface area contributed by atoms with Gasteiger partial charge in [0, 0.05) is 28.9 Å². The predicted molar refractivity (Wildman–Crippen MR) is 150 cm³/mol. The van der Waals surface area contributed by atoms with Crippen molar-refractivity contribution in [3.05, 3.63) is 83.3 Å². The van der Waals surface area contributed by atoms with Crippen LogP contribution in [0.2, 0.25) is 0 Å². The molecule has 5 rings (SSSR count). The maximum Gasteiger partial charge on any atom is 0.355 e. The van der Waals surface area contributed by atoms with Gasteiger partial charge in [0.2, 0.25) is 6.43 Å². The van der Waals surface area contributed by atoms with Crippen LogP contribution in [0.3, 0.4) is 0 Å². The molecule has 0 bridgehead atoms. The van der Waals surface area contributed by atoms with E-state index in [2.05, 4.69) is 10.1 Å². The monoisotopic (exact) mass is 547 g/mol. The number of nitrogens with zero attached hydrogens (tertiary/aromatic N) is 2. The molecule has 2 aromatic heterocycles. The number of aromatic amines is 1. The Labute approximate surface area is 230 Å². The van der Waals surface area contributed by atoms with E-state index in [1.807, 2.05) is 54.6 Å². The minimum Gasteiger partial charge on any atom is -0.493 e. The van der Waals surface area contributed by atoms with Crippen LogP contribution >= 0.6 is 0 Å². The number of halogens is 2. The Hall–Kier alpha value is -4.24. The standard InChI is InChI=1S/C31H31F2N3O4/c1-3-39-31(38)30-22(14-8-16-40-26-15-6-10-19-9-4-5-11-20(19)26)21-12-7-13-23(29(21)34-30)28-24(17-27(32)33)35-36(2)25(28)18-37/h4-7,9-13,15,27,34,37H,3,8,14,16-18H2,1-2H3. The number of alkyl halides is 2. The maximum atomic E-state index is 13.4. The van der Waals surface area contributed by atoms with Crippen molar-refractivity contribution in [3.8, 4) is 16.9 Å². The molecule has 9 heteroatoms. The number of hydrogen-bond acceptors (Lipinski definition) is 5. The molecule has 7 nitrogen and oxygen atoms in total. The van der Waals surface area contributed by atoms with E-state index in [1.165, 1.54) is 4.68 Å². The quantitative estimate of drug-likeness (QED) is 0.152. The van der Waals surface area contributed by atoms with Gasteiger partial charge in [0.15, 0.2) is 0 Å². The lowest BCUT2D eigenvalue weighted by atomic mass is 9.97. The number of esters is 1. The van der Waals surface area contributed by atoms with Gasteiger partial charge in [-0.15, -0.1) is 0 Å². The van der Waals surface area contributed by atoms with Gasteiger partial charge in [-0.1, -0.05) is 54.6 Å². The maximum absolute atomic E-state index is 13.4. The number of rotatable bonds is 11. The number of ether oxygens (including phenoxy) is 2. The average Bonchev–Trinajstić information content (AvgIpc) is 3.47. The molecular weight excluding hydrogens is 516 g/mol. The Morgan fingerprint density at radius 2 is 1.82 bits per heavy atom. The highest BCUT2D eigenvalue weighted by atomic mass is 19.3. The lowest BCUT2D eigenvalue weighted by Gasteiger charge is -2.10.